The number of hydrogen-bond acceptors (Lipinski definition) is 6. The Morgan fingerprint density at radius 2 is 1.84 bits per heavy atom. The molecule has 0 aromatic rings. The van der Waals surface area contributed by atoms with Crippen LogP contribution >= 0.6 is 0 Å². The smallest absolute Gasteiger partial charge is 0.414 e. The number of nitrogens with zero attached hydrogens (tertiary/aromatic N) is 1. The number of ketones is 1. The Bertz CT molecular complexity index is 354. The molecule has 0 spiro atoms. The van der Waals surface area contributed by atoms with Gasteiger partial charge in [-0.3, -0.25) is 9.59 Å². The Balaban J connectivity index is 0.000000459. The van der Waals surface area contributed by atoms with Crippen LogP contribution in [0.4, 0.5) is 0 Å². The van der Waals surface area contributed by atoms with E-state index in [1.54, 1.807) is 6.92 Å². The van der Waals surface area contributed by atoms with Gasteiger partial charge in [-0.1, -0.05) is 0 Å². The first-order valence-electron chi connectivity index (χ1n) is 5.63. The van der Waals surface area contributed by atoms with Gasteiger partial charge in [-0.05, 0) is 14.0 Å². The molecule has 1 unspecified atom stereocenters. The quantitative estimate of drug-likeness (QED) is 0.382. The van der Waals surface area contributed by atoms with Gasteiger partial charge in [-0.25, -0.2) is 9.59 Å². The molecule has 1 heterocycles. The van der Waals surface area contributed by atoms with Crippen LogP contribution in [0.5, 0.6) is 0 Å². The van der Waals surface area contributed by atoms with Crippen molar-refractivity contribution in [1.29, 1.82) is 0 Å². The summed E-state index contributed by atoms with van der Waals surface area (Å²) in [5, 5.41) is 14.8. The molecule has 0 aromatic heterocycles. The van der Waals surface area contributed by atoms with Gasteiger partial charge in [0.25, 0.3) is 0 Å². The molecule has 1 saturated heterocycles. The highest BCUT2D eigenvalue weighted by molar-refractivity contribution is 6.27. The number of aliphatic carboxylic acids is 2. The van der Waals surface area contributed by atoms with E-state index in [0.29, 0.717) is 19.6 Å². The van der Waals surface area contributed by atoms with Crippen molar-refractivity contribution >= 4 is 23.7 Å². The number of carbonyl (C=O) groups is 4. The highest BCUT2D eigenvalue weighted by Gasteiger charge is 2.32. The Labute approximate surface area is 109 Å². The van der Waals surface area contributed by atoms with Crippen LogP contribution in [0.2, 0.25) is 0 Å². The van der Waals surface area contributed by atoms with E-state index in [1.807, 2.05) is 11.9 Å². The van der Waals surface area contributed by atoms with Gasteiger partial charge < -0.3 is 19.8 Å². The Hall–Kier alpha value is -1.96. The molecule has 8 heteroatoms. The fourth-order valence-corrected chi connectivity index (χ4v) is 1.43. The highest BCUT2D eigenvalue weighted by atomic mass is 16.5. The van der Waals surface area contributed by atoms with Crippen LogP contribution in [0.25, 0.3) is 0 Å². The fourth-order valence-electron chi connectivity index (χ4n) is 1.43. The van der Waals surface area contributed by atoms with Gasteiger partial charge in [0, 0.05) is 19.5 Å². The van der Waals surface area contributed by atoms with Crippen molar-refractivity contribution in [3.05, 3.63) is 0 Å². The van der Waals surface area contributed by atoms with E-state index in [0.717, 1.165) is 6.54 Å². The van der Waals surface area contributed by atoms with Crippen LogP contribution in [0.15, 0.2) is 0 Å². The molecule has 1 aliphatic heterocycles. The lowest BCUT2D eigenvalue weighted by Crippen LogP contribution is -2.42. The molecule has 0 amide bonds. The topological polar surface area (TPSA) is 121 Å². The van der Waals surface area contributed by atoms with Gasteiger partial charge in [0.1, 0.15) is 11.7 Å². The average Bonchev–Trinajstić information content (AvgIpc) is 2.33. The summed E-state index contributed by atoms with van der Waals surface area (Å²) < 4.78 is 4.81. The van der Waals surface area contributed by atoms with Gasteiger partial charge in [-0.2, -0.15) is 0 Å². The van der Waals surface area contributed by atoms with Crippen molar-refractivity contribution in [2.45, 2.75) is 13.3 Å². The summed E-state index contributed by atoms with van der Waals surface area (Å²) in [6, 6.07) is 0. The second-order valence-corrected chi connectivity index (χ2v) is 3.89. The Kier molecular flexibility index (Phi) is 7.35. The molecule has 2 N–H and O–H groups in total. The number of ether oxygens (including phenoxy) is 1. The summed E-state index contributed by atoms with van der Waals surface area (Å²) >= 11 is 0. The number of carboxylic acids is 2. The number of carbonyl (C=O) groups excluding carboxylic acids is 2. The molecule has 0 aliphatic carbocycles. The number of esters is 1. The second-order valence-electron chi connectivity index (χ2n) is 3.89. The number of carboxylic acid groups (broad SMARTS) is 2. The van der Waals surface area contributed by atoms with E-state index >= 15 is 0 Å². The number of rotatable bonds is 2. The summed E-state index contributed by atoms with van der Waals surface area (Å²) in [5.74, 6) is -4.57. The van der Waals surface area contributed by atoms with Crippen molar-refractivity contribution in [2.75, 3.05) is 26.7 Å². The third-order valence-electron chi connectivity index (χ3n) is 2.38. The van der Waals surface area contributed by atoms with Crippen molar-refractivity contribution in [3.63, 3.8) is 0 Å². The van der Waals surface area contributed by atoms with E-state index in [9.17, 15) is 9.59 Å². The largest absolute Gasteiger partial charge is 0.473 e. The Morgan fingerprint density at radius 1 is 1.32 bits per heavy atom. The maximum absolute atomic E-state index is 11.3. The number of likely N-dealkylation sites (tertiary alicyclic amines) is 1. The summed E-state index contributed by atoms with van der Waals surface area (Å²) in [7, 11) is 1.90. The SMILES string of the molecule is CCOC(=O)C1CN(C)CCC1=O.O=C(O)C(=O)O. The van der Waals surface area contributed by atoms with Crippen molar-refractivity contribution in [1.82, 2.24) is 4.90 Å². The molecule has 8 nitrogen and oxygen atoms in total. The average molecular weight is 275 g/mol. The van der Waals surface area contributed by atoms with Crippen LogP contribution < -0.4 is 0 Å². The van der Waals surface area contributed by atoms with E-state index in [1.165, 1.54) is 0 Å². The van der Waals surface area contributed by atoms with E-state index in [-0.39, 0.29) is 11.8 Å². The minimum absolute atomic E-state index is 0.0107. The van der Waals surface area contributed by atoms with Crippen LogP contribution in [0, 0.1) is 5.92 Å². The van der Waals surface area contributed by atoms with Crippen LogP contribution in [-0.4, -0.2) is 65.5 Å². The van der Waals surface area contributed by atoms with Crippen molar-refractivity contribution in [3.8, 4) is 0 Å². The van der Waals surface area contributed by atoms with Gasteiger partial charge in [0.2, 0.25) is 0 Å². The van der Waals surface area contributed by atoms with Gasteiger partial charge in [0.05, 0.1) is 6.61 Å². The van der Waals surface area contributed by atoms with E-state index in [2.05, 4.69) is 0 Å². The predicted octanol–water partition coefficient (Wildman–Crippen LogP) is -0.774. The van der Waals surface area contributed by atoms with Gasteiger partial charge in [0.15, 0.2) is 0 Å². The first-order chi connectivity index (χ1) is 8.79. The first kappa shape index (κ1) is 17.0. The lowest BCUT2D eigenvalue weighted by Gasteiger charge is -2.26. The molecule has 19 heavy (non-hydrogen) atoms. The minimum Gasteiger partial charge on any atom is -0.473 e. The predicted molar refractivity (Wildman–Crippen MR) is 62.5 cm³/mol. The maximum Gasteiger partial charge on any atom is 0.414 e. The molecule has 0 saturated carbocycles. The highest BCUT2D eigenvalue weighted by Crippen LogP contribution is 2.12. The normalized spacial score (nSPS) is 19.1. The van der Waals surface area contributed by atoms with Crippen LogP contribution in [0.3, 0.4) is 0 Å². The molecular formula is C11H17NO7. The van der Waals surface area contributed by atoms with Gasteiger partial charge >= 0.3 is 17.9 Å². The monoisotopic (exact) mass is 275 g/mol. The zero-order valence-electron chi connectivity index (χ0n) is 10.8. The van der Waals surface area contributed by atoms with Crippen LogP contribution in [0.1, 0.15) is 13.3 Å². The first-order valence-corrected chi connectivity index (χ1v) is 5.63. The summed E-state index contributed by atoms with van der Waals surface area (Å²) in [5.41, 5.74) is 0. The molecule has 108 valence electrons. The van der Waals surface area contributed by atoms with Crippen molar-refractivity contribution < 1.29 is 34.1 Å². The summed E-state index contributed by atoms with van der Waals surface area (Å²) in [6.45, 7) is 3.33. The molecule has 0 radical (unpaired) electrons. The second kappa shape index (κ2) is 8.20. The molecule has 0 bridgehead atoms. The molecule has 0 aromatic carbocycles. The van der Waals surface area contributed by atoms with Crippen LogP contribution in [-0.2, 0) is 23.9 Å². The summed E-state index contributed by atoms with van der Waals surface area (Å²) in [6.07, 6.45) is 0.458. The summed E-state index contributed by atoms with van der Waals surface area (Å²) in [4.78, 5) is 42.8. The number of piperidine rings is 1. The zero-order valence-corrected chi connectivity index (χ0v) is 10.8. The third kappa shape index (κ3) is 6.51. The maximum atomic E-state index is 11.3. The lowest BCUT2D eigenvalue weighted by atomic mass is 9.97. The molecular weight excluding hydrogens is 258 g/mol. The zero-order chi connectivity index (χ0) is 15.0. The van der Waals surface area contributed by atoms with E-state index in [4.69, 9.17) is 24.5 Å². The molecule has 1 fully saturated rings. The molecule has 1 atom stereocenters. The Morgan fingerprint density at radius 3 is 2.26 bits per heavy atom. The fraction of sp³-hybridized carbons (Fsp3) is 0.636. The van der Waals surface area contributed by atoms with Crippen molar-refractivity contribution in [2.24, 2.45) is 5.92 Å². The lowest BCUT2D eigenvalue weighted by molar-refractivity contribution is -0.159. The minimum atomic E-state index is -1.82. The van der Waals surface area contributed by atoms with E-state index < -0.39 is 17.9 Å². The van der Waals surface area contributed by atoms with Gasteiger partial charge in [-0.15, -0.1) is 0 Å². The number of hydrogen-bond donors (Lipinski definition) is 2. The standard InChI is InChI=1S/C9H15NO3.C2H2O4/c1-3-13-9(12)7-6-10(2)5-4-8(7)11;3-1(4)2(5)6/h7H,3-6H2,1-2H3;(H,3,4)(H,5,6). The molecule has 1 rings (SSSR count). The third-order valence-corrected chi connectivity index (χ3v) is 2.38. The molecule has 1 aliphatic rings. The number of Topliss-reactive ketones (excluding diaryl/α,β-unsaturated/α-hetero) is 1.